The van der Waals surface area contributed by atoms with E-state index in [1.54, 1.807) is 18.2 Å². The molecule has 0 aliphatic heterocycles. The predicted octanol–water partition coefficient (Wildman–Crippen LogP) is 2.63. The molecule has 4 N–H and O–H groups in total. The molecule has 1 aromatic heterocycles. The number of rotatable bonds is 3. The van der Waals surface area contributed by atoms with Gasteiger partial charge >= 0.3 is 0 Å². The molecule has 0 saturated heterocycles. The van der Waals surface area contributed by atoms with E-state index in [2.05, 4.69) is 15.3 Å². The Morgan fingerprint density at radius 3 is 2.89 bits per heavy atom. The maximum atomic E-state index is 11.6. The van der Waals surface area contributed by atoms with E-state index in [1.165, 1.54) is 6.07 Å². The third kappa shape index (κ3) is 2.71. The van der Waals surface area contributed by atoms with Crippen molar-refractivity contribution in [3.05, 3.63) is 45.5 Å². The second-order valence-electron chi connectivity index (χ2n) is 4.65. The van der Waals surface area contributed by atoms with Crippen LogP contribution in [0.1, 0.15) is 24.6 Å². The van der Waals surface area contributed by atoms with Gasteiger partial charge in [-0.25, -0.2) is 4.98 Å². The van der Waals surface area contributed by atoms with Crippen LogP contribution in [-0.2, 0) is 0 Å². The van der Waals surface area contributed by atoms with Gasteiger partial charge in [-0.05, 0) is 31.0 Å². The number of nitrogens with one attached hydrogen (secondary N) is 2. The fraction of sp³-hybridized carbons (Fsp3) is 0.231. The molecular weight excluding hydrogens is 264 g/mol. The van der Waals surface area contributed by atoms with E-state index in [0.717, 1.165) is 18.7 Å². The number of halogens is 1. The summed E-state index contributed by atoms with van der Waals surface area (Å²) in [6.45, 7) is 0. The topological polar surface area (TPSA) is 83.8 Å². The van der Waals surface area contributed by atoms with Crippen LogP contribution in [0.5, 0.6) is 0 Å². The minimum atomic E-state index is -0.167. The molecule has 1 aliphatic rings. The molecule has 19 heavy (non-hydrogen) atoms. The summed E-state index contributed by atoms with van der Waals surface area (Å²) in [7, 11) is 0. The molecule has 1 aromatic carbocycles. The number of benzene rings is 1. The second-order valence-corrected chi connectivity index (χ2v) is 5.06. The summed E-state index contributed by atoms with van der Waals surface area (Å²) in [6.07, 6.45) is 2.15. The lowest BCUT2D eigenvalue weighted by Crippen LogP contribution is -2.11. The van der Waals surface area contributed by atoms with Gasteiger partial charge in [0.1, 0.15) is 11.6 Å². The number of hydrogen-bond acceptors (Lipinski definition) is 4. The first-order valence-corrected chi connectivity index (χ1v) is 6.43. The first-order chi connectivity index (χ1) is 9.11. The lowest BCUT2D eigenvalue weighted by Gasteiger charge is -2.09. The quantitative estimate of drug-likeness (QED) is 0.753. The Morgan fingerprint density at radius 2 is 2.16 bits per heavy atom. The van der Waals surface area contributed by atoms with Gasteiger partial charge in [0.2, 0.25) is 0 Å². The summed E-state index contributed by atoms with van der Waals surface area (Å²) in [6, 6.07) is 6.54. The number of H-pyrrole nitrogens is 1. The summed E-state index contributed by atoms with van der Waals surface area (Å²) < 4.78 is 0. The molecule has 0 radical (unpaired) electrons. The molecule has 0 bridgehead atoms. The minimum absolute atomic E-state index is 0.167. The van der Waals surface area contributed by atoms with Gasteiger partial charge in [-0.1, -0.05) is 11.6 Å². The van der Waals surface area contributed by atoms with Crippen molar-refractivity contribution in [3.8, 4) is 0 Å². The molecule has 6 heteroatoms. The highest BCUT2D eigenvalue weighted by Crippen LogP contribution is 2.38. The second kappa shape index (κ2) is 4.59. The van der Waals surface area contributed by atoms with Gasteiger partial charge in [0.25, 0.3) is 5.56 Å². The summed E-state index contributed by atoms with van der Waals surface area (Å²) in [5, 5.41) is 3.57. The molecule has 0 spiro atoms. The summed E-state index contributed by atoms with van der Waals surface area (Å²) in [5.41, 5.74) is 6.78. The average Bonchev–Trinajstić information content (AvgIpc) is 3.17. The normalized spacial score (nSPS) is 14.4. The fourth-order valence-corrected chi connectivity index (χ4v) is 2.03. The molecule has 2 aromatic rings. The number of aromatic nitrogens is 2. The Kier molecular flexibility index (Phi) is 2.91. The lowest BCUT2D eigenvalue weighted by atomic mass is 10.3. The van der Waals surface area contributed by atoms with Crippen molar-refractivity contribution in [2.45, 2.75) is 18.8 Å². The monoisotopic (exact) mass is 276 g/mol. The molecule has 3 rings (SSSR count). The van der Waals surface area contributed by atoms with Crippen LogP contribution in [0.25, 0.3) is 0 Å². The molecular formula is C13H13ClN4O. The highest BCUT2D eigenvalue weighted by atomic mass is 35.5. The third-order valence-electron chi connectivity index (χ3n) is 2.98. The summed E-state index contributed by atoms with van der Waals surface area (Å²) >= 11 is 6.07. The van der Waals surface area contributed by atoms with Gasteiger partial charge in [-0.2, -0.15) is 0 Å². The van der Waals surface area contributed by atoms with Crippen molar-refractivity contribution in [1.82, 2.24) is 9.97 Å². The standard InChI is InChI=1S/C13H13ClN4O/c14-9-4-3-8(15)5-10(9)16-11-6-12(19)18-13(17-11)7-1-2-7/h3-7H,1-2,15H2,(H2,16,17,18,19). The van der Waals surface area contributed by atoms with Crippen LogP contribution in [0.3, 0.4) is 0 Å². The van der Waals surface area contributed by atoms with E-state index < -0.39 is 0 Å². The third-order valence-corrected chi connectivity index (χ3v) is 3.31. The Bertz CT molecular complexity index is 679. The number of nitrogens with zero attached hydrogens (tertiary/aromatic N) is 1. The van der Waals surface area contributed by atoms with Crippen molar-refractivity contribution < 1.29 is 0 Å². The van der Waals surface area contributed by atoms with E-state index in [4.69, 9.17) is 17.3 Å². The fourth-order valence-electron chi connectivity index (χ4n) is 1.87. The molecule has 98 valence electrons. The lowest BCUT2D eigenvalue weighted by molar-refractivity contribution is 0.912. The van der Waals surface area contributed by atoms with Crippen molar-refractivity contribution in [1.29, 1.82) is 0 Å². The predicted molar refractivity (Wildman–Crippen MR) is 76.0 cm³/mol. The van der Waals surface area contributed by atoms with Gasteiger partial charge in [0.05, 0.1) is 10.7 Å². The molecule has 0 amide bonds. The maximum Gasteiger partial charge on any atom is 0.252 e. The van der Waals surface area contributed by atoms with Gasteiger partial charge in [-0.15, -0.1) is 0 Å². The van der Waals surface area contributed by atoms with Crippen molar-refractivity contribution in [3.63, 3.8) is 0 Å². The molecule has 1 heterocycles. The van der Waals surface area contributed by atoms with Crippen LogP contribution in [0.4, 0.5) is 17.2 Å². The van der Waals surface area contributed by atoms with E-state index >= 15 is 0 Å². The maximum absolute atomic E-state index is 11.6. The number of aromatic amines is 1. The smallest absolute Gasteiger partial charge is 0.252 e. The van der Waals surface area contributed by atoms with Crippen LogP contribution >= 0.6 is 11.6 Å². The van der Waals surface area contributed by atoms with Crippen LogP contribution in [0, 0.1) is 0 Å². The van der Waals surface area contributed by atoms with Crippen LogP contribution in [0.2, 0.25) is 5.02 Å². The van der Waals surface area contributed by atoms with E-state index in [0.29, 0.717) is 28.1 Å². The highest BCUT2D eigenvalue weighted by molar-refractivity contribution is 6.33. The SMILES string of the molecule is Nc1ccc(Cl)c(Nc2cc(=O)[nH]c(C3CC3)n2)c1. The summed E-state index contributed by atoms with van der Waals surface area (Å²) in [4.78, 5) is 18.7. The van der Waals surface area contributed by atoms with Gasteiger partial charge in [-0.3, -0.25) is 4.79 Å². The molecule has 1 fully saturated rings. The van der Waals surface area contributed by atoms with Gasteiger partial charge < -0.3 is 16.0 Å². The first kappa shape index (κ1) is 12.0. The van der Waals surface area contributed by atoms with Crippen LogP contribution in [0.15, 0.2) is 29.1 Å². The average molecular weight is 277 g/mol. The van der Waals surface area contributed by atoms with Gasteiger partial charge in [0.15, 0.2) is 0 Å². The van der Waals surface area contributed by atoms with Gasteiger partial charge in [0, 0.05) is 17.7 Å². The molecule has 1 aliphatic carbocycles. The molecule has 5 nitrogen and oxygen atoms in total. The number of hydrogen-bond donors (Lipinski definition) is 3. The zero-order chi connectivity index (χ0) is 13.4. The Hall–Kier alpha value is -2.01. The van der Waals surface area contributed by atoms with Crippen molar-refractivity contribution in [2.75, 3.05) is 11.1 Å². The van der Waals surface area contributed by atoms with Crippen LogP contribution < -0.4 is 16.6 Å². The molecule has 1 saturated carbocycles. The number of nitrogen functional groups attached to an aromatic ring is 1. The van der Waals surface area contributed by atoms with E-state index in [-0.39, 0.29) is 5.56 Å². The largest absolute Gasteiger partial charge is 0.399 e. The van der Waals surface area contributed by atoms with E-state index in [1.807, 2.05) is 0 Å². The van der Waals surface area contributed by atoms with E-state index in [9.17, 15) is 4.79 Å². The Balaban J connectivity index is 1.94. The highest BCUT2D eigenvalue weighted by Gasteiger charge is 2.26. The Morgan fingerprint density at radius 1 is 1.37 bits per heavy atom. The first-order valence-electron chi connectivity index (χ1n) is 6.05. The Labute approximate surface area is 114 Å². The zero-order valence-electron chi connectivity index (χ0n) is 10.1. The van der Waals surface area contributed by atoms with Crippen LogP contribution in [-0.4, -0.2) is 9.97 Å². The number of nitrogens with two attached hydrogens (primary N) is 1. The number of anilines is 3. The van der Waals surface area contributed by atoms with Crippen molar-refractivity contribution >= 4 is 28.8 Å². The van der Waals surface area contributed by atoms with Crippen molar-refractivity contribution in [2.24, 2.45) is 0 Å². The molecule has 0 unspecified atom stereocenters. The summed E-state index contributed by atoms with van der Waals surface area (Å²) in [5.74, 6) is 1.60. The molecule has 0 atom stereocenters. The zero-order valence-corrected chi connectivity index (χ0v) is 10.9. The minimum Gasteiger partial charge on any atom is -0.399 e.